The number of halogens is 3. The molecule has 150 valence electrons. The first-order chi connectivity index (χ1) is 12.9. The summed E-state index contributed by atoms with van der Waals surface area (Å²) < 4.78 is 42.9. The van der Waals surface area contributed by atoms with Crippen molar-refractivity contribution < 1.29 is 17.9 Å². The molecule has 5 nitrogen and oxygen atoms in total. The van der Waals surface area contributed by atoms with E-state index in [0.717, 1.165) is 37.0 Å². The van der Waals surface area contributed by atoms with Gasteiger partial charge in [0.2, 0.25) is 0 Å². The highest BCUT2D eigenvalue weighted by atomic mass is 19.4. The number of hydrogen-bond acceptors (Lipinski definition) is 3. The zero-order valence-electron chi connectivity index (χ0n) is 15.3. The maximum atomic E-state index is 12.4. The third kappa shape index (κ3) is 6.02. The Balaban J connectivity index is 1.41. The van der Waals surface area contributed by atoms with Crippen molar-refractivity contribution in [2.75, 3.05) is 32.8 Å². The van der Waals surface area contributed by atoms with Gasteiger partial charge in [0, 0.05) is 18.5 Å². The predicted octanol–water partition coefficient (Wildman–Crippen LogP) is 3.08. The minimum atomic E-state index is -4.11. The number of aliphatic imine (C=N–C) groups is 1. The van der Waals surface area contributed by atoms with Gasteiger partial charge in [-0.25, -0.2) is 0 Å². The van der Waals surface area contributed by atoms with Crippen molar-refractivity contribution in [3.63, 3.8) is 0 Å². The number of hydrogen-bond donors (Lipinski definition) is 2. The van der Waals surface area contributed by atoms with E-state index in [-0.39, 0.29) is 6.04 Å². The van der Waals surface area contributed by atoms with E-state index in [1.807, 2.05) is 24.3 Å². The third-order valence-electron chi connectivity index (χ3n) is 5.21. The number of ether oxygens (including phenoxy) is 1. The topological polar surface area (TPSA) is 62.9 Å². The Labute approximate surface area is 157 Å². The van der Waals surface area contributed by atoms with E-state index in [1.165, 1.54) is 4.90 Å². The van der Waals surface area contributed by atoms with Gasteiger partial charge in [-0.2, -0.15) is 13.2 Å². The molecule has 0 aliphatic carbocycles. The Kier molecular flexibility index (Phi) is 6.46. The average molecular weight is 384 g/mol. The summed E-state index contributed by atoms with van der Waals surface area (Å²) in [5.41, 5.74) is 7.12. The number of rotatable bonds is 5. The highest BCUT2D eigenvalue weighted by molar-refractivity contribution is 5.78. The SMILES string of the molecule is NC(=NCCC1CCN(CC(F)(F)F)CC1)NC1CCOc2ccccc21. The number of alkyl halides is 3. The lowest BCUT2D eigenvalue weighted by Crippen LogP contribution is -2.40. The molecule has 1 unspecified atom stereocenters. The summed E-state index contributed by atoms with van der Waals surface area (Å²) in [6, 6.07) is 7.97. The van der Waals surface area contributed by atoms with Gasteiger partial charge in [-0.05, 0) is 44.3 Å². The fraction of sp³-hybridized carbons (Fsp3) is 0.632. The first-order valence-electron chi connectivity index (χ1n) is 9.48. The fourth-order valence-electron chi connectivity index (χ4n) is 3.77. The van der Waals surface area contributed by atoms with Crippen LogP contribution in [0.5, 0.6) is 5.75 Å². The maximum absolute atomic E-state index is 12.4. The fourth-order valence-corrected chi connectivity index (χ4v) is 3.77. The van der Waals surface area contributed by atoms with E-state index in [4.69, 9.17) is 10.5 Å². The van der Waals surface area contributed by atoms with E-state index >= 15 is 0 Å². The van der Waals surface area contributed by atoms with Crippen LogP contribution in [-0.4, -0.2) is 49.8 Å². The average Bonchev–Trinajstić information content (AvgIpc) is 2.62. The molecule has 27 heavy (non-hydrogen) atoms. The lowest BCUT2D eigenvalue weighted by Gasteiger charge is -2.32. The molecule has 1 atom stereocenters. The lowest BCUT2D eigenvalue weighted by molar-refractivity contribution is -0.148. The van der Waals surface area contributed by atoms with Crippen LogP contribution in [0.4, 0.5) is 13.2 Å². The summed E-state index contributed by atoms with van der Waals surface area (Å²) in [4.78, 5) is 5.90. The van der Waals surface area contributed by atoms with Gasteiger partial charge in [0.15, 0.2) is 5.96 Å². The minimum absolute atomic E-state index is 0.0873. The third-order valence-corrected chi connectivity index (χ3v) is 5.21. The van der Waals surface area contributed by atoms with Crippen molar-refractivity contribution in [3.05, 3.63) is 29.8 Å². The molecule has 0 radical (unpaired) electrons. The molecular weight excluding hydrogens is 357 g/mol. The molecule has 0 amide bonds. The molecule has 1 aromatic rings. The van der Waals surface area contributed by atoms with Gasteiger partial charge >= 0.3 is 6.18 Å². The van der Waals surface area contributed by atoms with Crippen molar-refractivity contribution in [2.45, 2.75) is 37.9 Å². The zero-order valence-corrected chi connectivity index (χ0v) is 15.3. The van der Waals surface area contributed by atoms with Crippen molar-refractivity contribution in [3.8, 4) is 5.75 Å². The standard InChI is InChI=1S/C19H27F3N4O/c20-19(21,22)13-26-10-6-14(7-11-26)5-9-24-18(23)25-16-8-12-27-17-4-2-1-3-15(16)17/h1-4,14,16H,5-13H2,(H3,23,24,25). The largest absolute Gasteiger partial charge is 0.493 e. The van der Waals surface area contributed by atoms with Crippen molar-refractivity contribution in [1.29, 1.82) is 0 Å². The number of piperidine rings is 1. The van der Waals surface area contributed by atoms with Gasteiger partial charge < -0.3 is 15.8 Å². The van der Waals surface area contributed by atoms with E-state index in [2.05, 4.69) is 10.3 Å². The minimum Gasteiger partial charge on any atom is -0.493 e. The number of benzene rings is 1. The molecule has 3 rings (SSSR count). The highest BCUT2D eigenvalue weighted by Gasteiger charge is 2.32. The summed E-state index contributed by atoms with van der Waals surface area (Å²) in [5.74, 6) is 1.70. The Bertz CT molecular complexity index is 642. The van der Waals surface area contributed by atoms with Crippen molar-refractivity contribution in [1.82, 2.24) is 10.2 Å². The summed E-state index contributed by atoms with van der Waals surface area (Å²) in [7, 11) is 0. The van der Waals surface area contributed by atoms with E-state index in [0.29, 0.717) is 38.1 Å². The second kappa shape index (κ2) is 8.82. The number of guanidine groups is 1. The predicted molar refractivity (Wildman–Crippen MR) is 98.8 cm³/mol. The Morgan fingerprint density at radius 2 is 1.96 bits per heavy atom. The number of nitrogens with two attached hydrogens (primary N) is 1. The molecule has 0 bridgehead atoms. The molecule has 8 heteroatoms. The molecule has 2 aliphatic rings. The monoisotopic (exact) mass is 384 g/mol. The smallest absolute Gasteiger partial charge is 0.401 e. The van der Waals surface area contributed by atoms with E-state index in [9.17, 15) is 13.2 Å². The van der Waals surface area contributed by atoms with Gasteiger partial charge in [-0.15, -0.1) is 0 Å². The maximum Gasteiger partial charge on any atom is 0.401 e. The van der Waals surface area contributed by atoms with Crippen LogP contribution >= 0.6 is 0 Å². The molecule has 1 fully saturated rings. The van der Waals surface area contributed by atoms with E-state index in [1.54, 1.807) is 0 Å². The summed E-state index contributed by atoms with van der Waals surface area (Å²) >= 11 is 0. The van der Waals surface area contributed by atoms with Gasteiger partial charge in [0.1, 0.15) is 5.75 Å². The Morgan fingerprint density at radius 1 is 1.22 bits per heavy atom. The quantitative estimate of drug-likeness (QED) is 0.605. The highest BCUT2D eigenvalue weighted by Crippen LogP contribution is 2.31. The number of likely N-dealkylation sites (tertiary alicyclic amines) is 1. The normalized spacial score (nSPS) is 22.2. The first kappa shape index (κ1) is 19.8. The lowest BCUT2D eigenvalue weighted by atomic mass is 9.93. The van der Waals surface area contributed by atoms with Gasteiger partial charge in [0.25, 0.3) is 0 Å². The Hall–Kier alpha value is -1.96. The van der Waals surface area contributed by atoms with Crippen LogP contribution in [0.3, 0.4) is 0 Å². The van der Waals surface area contributed by atoms with Gasteiger partial charge in [-0.3, -0.25) is 9.89 Å². The van der Waals surface area contributed by atoms with Crippen LogP contribution in [0.15, 0.2) is 29.3 Å². The van der Waals surface area contributed by atoms with Crippen LogP contribution in [0.25, 0.3) is 0 Å². The van der Waals surface area contributed by atoms with Crippen LogP contribution in [0.1, 0.15) is 37.3 Å². The van der Waals surface area contributed by atoms with Crippen LogP contribution < -0.4 is 15.8 Å². The molecule has 0 saturated carbocycles. The molecule has 1 aromatic carbocycles. The number of nitrogens with one attached hydrogen (secondary N) is 1. The number of nitrogens with zero attached hydrogens (tertiary/aromatic N) is 2. The van der Waals surface area contributed by atoms with Gasteiger partial charge in [0.05, 0.1) is 19.2 Å². The number of fused-ring (bicyclic) bond motifs is 1. The molecule has 1 saturated heterocycles. The first-order valence-corrected chi connectivity index (χ1v) is 9.48. The molecule has 0 aromatic heterocycles. The molecule has 0 spiro atoms. The summed E-state index contributed by atoms with van der Waals surface area (Å²) in [6.07, 6.45) is -0.865. The van der Waals surface area contributed by atoms with E-state index < -0.39 is 12.7 Å². The zero-order chi connectivity index (χ0) is 19.3. The molecular formula is C19H27F3N4O. The van der Waals surface area contributed by atoms with Crippen molar-refractivity contribution in [2.24, 2.45) is 16.6 Å². The van der Waals surface area contributed by atoms with Crippen LogP contribution in [0.2, 0.25) is 0 Å². The molecule has 2 aliphatic heterocycles. The second-order valence-corrected chi connectivity index (χ2v) is 7.26. The second-order valence-electron chi connectivity index (χ2n) is 7.26. The number of para-hydroxylation sites is 1. The van der Waals surface area contributed by atoms with Crippen LogP contribution in [0, 0.1) is 5.92 Å². The Morgan fingerprint density at radius 3 is 2.70 bits per heavy atom. The van der Waals surface area contributed by atoms with Gasteiger partial charge in [-0.1, -0.05) is 18.2 Å². The molecule has 2 heterocycles. The van der Waals surface area contributed by atoms with Crippen molar-refractivity contribution >= 4 is 5.96 Å². The van der Waals surface area contributed by atoms with Crippen LogP contribution in [-0.2, 0) is 0 Å². The summed E-state index contributed by atoms with van der Waals surface area (Å²) in [6.45, 7) is 1.42. The summed E-state index contributed by atoms with van der Waals surface area (Å²) in [5, 5.41) is 3.26. The molecule has 3 N–H and O–H groups in total.